The molecule has 2 atom stereocenters. The fraction of sp³-hybridized carbons (Fsp3) is 0.643. The van der Waals surface area contributed by atoms with Crippen molar-refractivity contribution in [3.05, 3.63) is 41.7 Å². The summed E-state index contributed by atoms with van der Waals surface area (Å²) < 4.78 is 13.9. The minimum Gasteiger partial charge on any atom is -0.338 e. The summed E-state index contributed by atoms with van der Waals surface area (Å²) in [6, 6.07) is 5.95. The normalized spacial score (nSPS) is 22.9. The van der Waals surface area contributed by atoms with Crippen LogP contribution in [-0.2, 0) is 0 Å². The van der Waals surface area contributed by atoms with Crippen molar-refractivity contribution in [2.75, 3.05) is 57.7 Å². The third-order valence-electron chi connectivity index (χ3n) is 8.51. The number of nitrogens with zero attached hydrogens (tertiary/aromatic N) is 3. The first-order chi connectivity index (χ1) is 17.3. The largest absolute Gasteiger partial charge is 0.338 e. The molecule has 7 nitrogen and oxygen atoms in total. The smallest absolute Gasteiger partial charge is 0.322 e. The van der Waals surface area contributed by atoms with E-state index in [2.05, 4.69) is 42.4 Å². The number of para-hydroxylation sites is 1. The summed E-state index contributed by atoms with van der Waals surface area (Å²) in [6.45, 7) is 12.3. The first kappa shape index (κ1) is 26.5. The number of piperazine rings is 1. The molecule has 198 valence electrons. The van der Waals surface area contributed by atoms with Crippen LogP contribution in [0.5, 0.6) is 0 Å². The molecule has 1 heterocycles. The second-order valence-electron chi connectivity index (χ2n) is 11.1. The number of allylic oxidation sites excluding steroid dienone is 1. The molecule has 5 rings (SSSR count). The zero-order valence-corrected chi connectivity index (χ0v) is 22.1. The van der Waals surface area contributed by atoms with Crippen LogP contribution < -0.4 is 10.6 Å². The van der Waals surface area contributed by atoms with Gasteiger partial charge in [0.15, 0.2) is 0 Å². The number of fused-ring (bicyclic) bond motifs is 1. The summed E-state index contributed by atoms with van der Waals surface area (Å²) in [5.41, 5.74) is 1.96. The van der Waals surface area contributed by atoms with Crippen molar-refractivity contribution in [1.29, 1.82) is 0 Å². The summed E-state index contributed by atoms with van der Waals surface area (Å²) in [6.07, 6.45) is 6.79. The number of halogens is 1. The van der Waals surface area contributed by atoms with E-state index in [0.29, 0.717) is 44.1 Å². The van der Waals surface area contributed by atoms with Crippen LogP contribution in [0.15, 0.2) is 35.9 Å². The van der Waals surface area contributed by atoms with E-state index in [1.165, 1.54) is 18.1 Å². The molecule has 2 N–H and O–H groups in total. The molecule has 4 aliphatic rings. The maximum atomic E-state index is 13.9. The highest BCUT2D eigenvalue weighted by Crippen LogP contribution is 2.59. The van der Waals surface area contributed by atoms with Crippen LogP contribution in [0.2, 0.25) is 0 Å². The molecule has 8 heteroatoms. The van der Waals surface area contributed by atoms with Crippen LogP contribution in [0, 0.1) is 23.1 Å². The number of carbonyl (C=O) groups is 2. The lowest BCUT2D eigenvalue weighted by atomic mass is 9.49. The molecular formula is C28H42FN5O2. The number of amides is 4. The SMILES string of the molecule is CCCCNC(=O)N(CCN1CCN(C(=O)Nc2ccccc2F)CC1)CC1=CCC2CC1C2(C)C. The van der Waals surface area contributed by atoms with Gasteiger partial charge in [-0.2, -0.15) is 0 Å². The Bertz CT molecular complexity index is 957. The van der Waals surface area contributed by atoms with Crippen molar-refractivity contribution >= 4 is 17.7 Å². The highest BCUT2D eigenvalue weighted by molar-refractivity contribution is 5.89. The third kappa shape index (κ3) is 6.02. The molecule has 1 aromatic carbocycles. The van der Waals surface area contributed by atoms with Crippen molar-refractivity contribution in [3.8, 4) is 0 Å². The molecule has 2 fully saturated rings. The summed E-state index contributed by atoms with van der Waals surface area (Å²) in [5.74, 6) is 0.930. The number of unbranched alkanes of at least 4 members (excludes halogenated alkanes) is 1. The van der Waals surface area contributed by atoms with E-state index in [-0.39, 0.29) is 17.7 Å². The Morgan fingerprint density at radius 3 is 2.58 bits per heavy atom. The van der Waals surface area contributed by atoms with E-state index in [9.17, 15) is 14.0 Å². The van der Waals surface area contributed by atoms with Gasteiger partial charge in [0.05, 0.1) is 5.69 Å². The fourth-order valence-corrected chi connectivity index (χ4v) is 5.81. The number of urea groups is 2. The second-order valence-corrected chi connectivity index (χ2v) is 11.1. The Kier molecular flexibility index (Phi) is 8.54. The number of rotatable bonds is 9. The molecule has 1 saturated carbocycles. The Hall–Kier alpha value is -2.61. The summed E-state index contributed by atoms with van der Waals surface area (Å²) in [4.78, 5) is 31.6. The lowest BCUT2D eigenvalue weighted by Crippen LogP contribution is -2.53. The molecule has 3 aliphatic carbocycles. The lowest BCUT2D eigenvalue weighted by Gasteiger charge is -2.57. The summed E-state index contributed by atoms with van der Waals surface area (Å²) in [5, 5.41) is 5.78. The number of hydrogen-bond donors (Lipinski definition) is 2. The zero-order chi connectivity index (χ0) is 25.7. The maximum absolute atomic E-state index is 13.9. The van der Waals surface area contributed by atoms with Gasteiger partial charge in [-0.25, -0.2) is 14.0 Å². The van der Waals surface area contributed by atoms with Crippen molar-refractivity contribution in [2.24, 2.45) is 17.3 Å². The molecule has 1 aliphatic heterocycles. The van der Waals surface area contributed by atoms with E-state index >= 15 is 0 Å². The predicted octanol–water partition coefficient (Wildman–Crippen LogP) is 4.78. The van der Waals surface area contributed by atoms with Crippen LogP contribution >= 0.6 is 0 Å². The molecule has 0 radical (unpaired) electrons. The highest BCUT2D eigenvalue weighted by atomic mass is 19.1. The molecule has 0 spiro atoms. The Morgan fingerprint density at radius 1 is 1.17 bits per heavy atom. The van der Waals surface area contributed by atoms with Crippen LogP contribution in [0.4, 0.5) is 19.7 Å². The van der Waals surface area contributed by atoms with Gasteiger partial charge in [-0.3, -0.25) is 4.90 Å². The van der Waals surface area contributed by atoms with Crippen LogP contribution in [0.1, 0.15) is 46.5 Å². The summed E-state index contributed by atoms with van der Waals surface area (Å²) >= 11 is 0. The fourth-order valence-electron chi connectivity index (χ4n) is 5.81. The Morgan fingerprint density at radius 2 is 1.92 bits per heavy atom. The molecule has 1 aromatic rings. The highest BCUT2D eigenvalue weighted by Gasteiger charge is 2.51. The molecule has 1 saturated heterocycles. The monoisotopic (exact) mass is 499 g/mol. The van der Waals surface area contributed by atoms with Gasteiger partial charge in [-0.15, -0.1) is 0 Å². The van der Waals surface area contributed by atoms with E-state index < -0.39 is 5.82 Å². The quantitative estimate of drug-likeness (QED) is 0.380. The molecule has 2 unspecified atom stereocenters. The zero-order valence-electron chi connectivity index (χ0n) is 22.1. The van der Waals surface area contributed by atoms with Gasteiger partial charge in [-0.05, 0) is 48.6 Å². The van der Waals surface area contributed by atoms with Crippen molar-refractivity contribution < 1.29 is 14.0 Å². The number of nitrogens with one attached hydrogen (secondary N) is 2. The van der Waals surface area contributed by atoms with Gasteiger partial charge in [0.1, 0.15) is 5.82 Å². The maximum Gasteiger partial charge on any atom is 0.322 e. The number of anilines is 1. The topological polar surface area (TPSA) is 67.9 Å². The van der Waals surface area contributed by atoms with Gasteiger partial charge < -0.3 is 20.4 Å². The van der Waals surface area contributed by atoms with Gasteiger partial charge in [0, 0.05) is 52.4 Å². The molecule has 4 amide bonds. The standard InChI is InChI=1S/C28H42FN5O2/c1-4-5-12-30-26(35)34(20-21-10-11-22-19-23(21)28(22,2)3)18-15-32-13-16-33(17-14-32)27(36)31-25-9-7-6-8-24(25)29/h6-10,22-23H,4-5,11-20H2,1-3H3,(H,30,35)(H,31,36). The van der Waals surface area contributed by atoms with Gasteiger partial charge >= 0.3 is 12.1 Å². The minimum absolute atomic E-state index is 0.0199. The molecule has 2 bridgehead atoms. The van der Waals surface area contributed by atoms with Gasteiger partial charge in [0.2, 0.25) is 0 Å². The number of benzene rings is 1. The van der Waals surface area contributed by atoms with Crippen LogP contribution in [0.25, 0.3) is 0 Å². The summed E-state index contributed by atoms with van der Waals surface area (Å²) in [7, 11) is 0. The van der Waals surface area contributed by atoms with Crippen LogP contribution in [-0.4, -0.2) is 79.1 Å². The van der Waals surface area contributed by atoms with E-state index in [1.54, 1.807) is 23.1 Å². The number of carbonyl (C=O) groups excluding carboxylic acids is 2. The molecular weight excluding hydrogens is 457 g/mol. The van der Waals surface area contributed by atoms with Gasteiger partial charge in [-0.1, -0.05) is 51.0 Å². The minimum atomic E-state index is -0.435. The average molecular weight is 500 g/mol. The first-order valence-electron chi connectivity index (χ1n) is 13.5. The van der Waals surface area contributed by atoms with Crippen molar-refractivity contribution in [2.45, 2.75) is 46.5 Å². The lowest BCUT2D eigenvalue weighted by molar-refractivity contribution is -0.00982. The Balaban J connectivity index is 1.28. The number of hydrogen-bond acceptors (Lipinski definition) is 3. The van der Waals surface area contributed by atoms with E-state index in [4.69, 9.17) is 0 Å². The predicted molar refractivity (Wildman–Crippen MR) is 141 cm³/mol. The second kappa shape index (κ2) is 11.6. The molecule has 36 heavy (non-hydrogen) atoms. The third-order valence-corrected chi connectivity index (χ3v) is 8.51. The van der Waals surface area contributed by atoms with Gasteiger partial charge in [0.25, 0.3) is 0 Å². The van der Waals surface area contributed by atoms with E-state index in [0.717, 1.165) is 44.8 Å². The Labute approximate surface area is 215 Å². The van der Waals surface area contributed by atoms with Crippen LogP contribution in [0.3, 0.4) is 0 Å². The first-order valence-corrected chi connectivity index (χ1v) is 13.5. The van der Waals surface area contributed by atoms with E-state index in [1.807, 2.05) is 4.90 Å². The average Bonchev–Trinajstić information content (AvgIpc) is 2.88. The molecule has 0 aromatic heterocycles. The van der Waals surface area contributed by atoms with Crippen molar-refractivity contribution in [3.63, 3.8) is 0 Å². The van der Waals surface area contributed by atoms with Crippen molar-refractivity contribution in [1.82, 2.24) is 20.0 Å².